The van der Waals surface area contributed by atoms with Crippen LogP contribution >= 0.6 is 0 Å². The lowest BCUT2D eigenvalue weighted by Crippen LogP contribution is -2.21. The lowest BCUT2D eigenvalue weighted by Gasteiger charge is -2.20. The number of rotatable bonds is 2. The SMILES string of the molecule is OC1CCNC1c1ccc(N2CCCC2)cc1. The molecule has 2 saturated heterocycles. The number of anilines is 1. The van der Waals surface area contributed by atoms with Crippen molar-refractivity contribution in [2.45, 2.75) is 31.4 Å². The standard InChI is InChI=1S/C14H20N2O/c17-13-7-8-15-14(13)11-3-5-12(6-4-11)16-9-1-2-10-16/h3-6,13-15,17H,1-2,7-10H2. The van der Waals surface area contributed by atoms with Crippen LogP contribution in [0.4, 0.5) is 5.69 Å². The number of aliphatic hydroxyl groups excluding tert-OH is 1. The molecule has 2 N–H and O–H groups in total. The molecule has 17 heavy (non-hydrogen) atoms. The number of hydrogen-bond acceptors (Lipinski definition) is 3. The Balaban J connectivity index is 1.75. The van der Waals surface area contributed by atoms with Crippen LogP contribution in [-0.4, -0.2) is 30.8 Å². The molecule has 3 nitrogen and oxygen atoms in total. The Bertz CT molecular complexity index is 370. The molecule has 92 valence electrons. The largest absolute Gasteiger partial charge is 0.391 e. The van der Waals surface area contributed by atoms with Crippen LogP contribution in [0.1, 0.15) is 30.9 Å². The fraction of sp³-hybridized carbons (Fsp3) is 0.571. The van der Waals surface area contributed by atoms with Crippen molar-refractivity contribution in [2.24, 2.45) is 0 Å². The first-order chi connectivity index (χ1) is 8.34. The van der Waals surface area contributed by atoms with E-state index in [1.165, 1.54) is 37.2 Å². The van der Waals surface area contributed by atoms with Crippen LogP contribution in [0, 0.1) is 0 Å². The highest BCUT2D eigenvalue weighted by atomic mass is 16.3. The second-order valence-corrected chi connectivity index (χ2v) is 5.07. The van der Waals surface area contributed by atoms with Gasteiger partial charge in [0.15, 0.2) is 0 Å². The Kier molecular flexibility index (Phi) is 3.04. The minimum absolute atomic E-state index is 0.127. The van der Waals surface area contributed by atoms with E-state index in [2.05, 4.69) is 34.5 Å². The molecule has 2 atom stereocenters. The number of aliphatic hydroxyl groups is 1. The maximum atomic E-state index is 9.85. The first-order valence-electron chi connectivity index (χ1n) is 6.61. The van der Waals surface area contributed by atoms with Crippen molar-refractivity contribution in [2.75, 3.05) is 24.5 Å². The molecule has 2 unspecified atom stereocenters. The quantitative estimate of drug-likeness (QED) is 0.814. The molecule has 0 aromatic heterocycles. The van der Waals surface area contributed by atoms with Gasteiger partial charge in [0.2, 0.25) is 0 Å². The van der Waals surface area contributed by atoms with Crippen molar-refractivity contribution < 1.29 is 5.11 Å². The second kappa shape index (κ2) is 4.67. The summed E-state index contributed by atoms with van der Waals surface area (Å²) in [4.78, 5) is 2.43. The minimum Gasteiger partial charge on any atom is -0.391 e. The number of benzene rings is 1. The van der Waals surface area contributed by atoms with Gasteiger partial charge in [-0.05, 0) is 43.5 Å². The molecular weight excluding hydrogens is 212 g/mol. The van der Waals surface area contributed by atoms with Crippen molar-refractivity contribution >= 4 is 5.69 Å². The molecule has 0 radical (unpaired) electrons. The second-order valence-electron chi connectivity index (χ2n) is 5.07. The van der Waals surface area contributed by atoms with Crippen molar-refractivity contribution in [1.29, 1.82) is 0 Å². The smallest absolute Gasteiger partial charge is 0.0747 e. The maximum absolute atomic E-state index is 9.85. The van der Waals surface area contributed by atoms with E-state index >= 15 is 0 Å². The normalized spacial score (nSPS) is 28.9. The molecule has 0 spiro atoms. The minimum atomic E-state index is -0.229. The van der Waals surface area contributed by atoms with Gasteiger partial charge in [0, 0.05) is 18.8 Å². The molecule has 2 aliphatic rings. The van der Waals surface area contributed by atoms with Crippen LogP contribution in [0.2, 0.25) is 0 Å². The monoisotopic (exact) mass is 232 g/mol. The third-order valence-corrected chi connectivity index (χ3v) is 3.91. The summed E-state index contributed by atoms with van der Waals surface area (Å²) in [5, 5.41) is 13.2. The Labute approximate surface area is 102 Å². The van der Waals surface area contributed by atoms with Crippen molar-refractivity contribution in [3.63, 3.8) is 0 Å². The molecule has 3 heteroatoms. The molecule has 1 aromatic rings. The number of nitrogens with zero attached hydrogens (tertiary/aromatic N) is 1. The molecule has 2 aliphatic heterocycles. The fourth-order valence-corrected chi connectivity index (χ4v) is 2.90. The zero-order chi connectivity index (χ0) is 11.7. The predicted octanol–water partition coefficient (Wildman–Crippen LogP) is 1.68. The van der Waals surface area contributed by atoms with Crippen LogP contribution in [-0.2, 0) is 0 Å². The van der Waals surface area contributed by atoms with Gasteiger partial charge in [-0.3, -0.25) is 0 Å². The first-order valence-corrected chi connectivity index (χ1v) is 6.61. The molecule has 0 bridgehead atoms. The van der Waals surface area contributed by atoms with Gasteiger partial charge in [0.05, 0.1) is 12.1 Å². The topological polar surface area (TPSA) is 35.5 Å². The molecule has 3 rings (SSSR count). The van der Waals surface area contributed by atoms with Crippen molar-refractivity contribution in [3.05, 3.63) is 29.8 Å². The van der Waals surface area contributed by atoms with E-state index in [1.54, 1.807) is 0 Å². The van der Waals surface area contributed by atoms with Crippen LogP contribution in [0.5, 0.6) is 0 Å². The summed E-state index contributed by atoms with van der Waals surface area (Å²) in [6, 6.07) is 8.81. The Hall–Kier alpha value is -1.06. The summed E-state index contributed by atoms with van der Waals surface area (Å²) in [5.74, 6) is 0. The van der Waals surface area contributed by atoms with Crippen LogP contribution in [0.3, 0.4) is 0 Å². The zero-order valence-electron chi connectivity index (χ0n) is 10.1. The summed E-state index contributed by atoms with van der Waals surface area (Å²) < 4.78 is 0. The van der Waals surface area contributed by atoms with Crippen LogP contribution < -0.4 is 10.2 Å². The average molecular weight is 232 g/mol. The van der Waals surface area contributed by atoms with E-state index < -0.39 is 0 Å². The maximum Gasteiger partial charge on any atom is 0.0747 e. The highest BCUT2D eigenvalue weighted by molar-refractivity contribution is 5.48. The van der Waals surface area contributed by atoms with E-state index in [0.717, 1.165) is 13.0 Å². The van der Waals surface area contributed by atoms with E-state index in [9.17, 15) is 5.11 Å². The van der Waals surface area contributed by atoms with Gasteiger partial charge in [-0.25, -0.2) is 0 Å². The van der Waals surface area contributed by atoms with Crippen molar-refractivity contribution in [1.82, 2.24) is 5.32 Å². The van der Waals surface area contributed by atoms with Gasteiger partial charge in [0.25, 0.3) is 0 Å². The predicted molar refractivity (Wildman–Crippen MR) is 69.3 cm³/mol. The van der Waals surface area contributed by atoms with Crippen molar-refractivity contribution in [3.8, 4) is 0 Å². The van der Waals surface area contributed by atoms with E-state index in [1.807, 2.05) is 0 Å². The van der Waals surface area contributed by atoms with Gasteiger partial charge in [-0.1, -0.05) is 12.1 Å². The summed E-state index contributed by atoms with van der Waals surface area (Å²) in [6.07, 6.45) is 3.25. The van der Waals surface area contributed by atoms with Gasteiger partial charge in [-0.15, -0.1) is 0 Å². The highest BCUT2D eigenvalue weighted by Gasteiger charge is 2.26. The van der Waals surface area contributed by atoms with E-state index in [-0.39, 0.29) is 12.1 Å². The Morgan fingerprint density at radius 3 is 2.41 bits per heavy atom. The van der Waals surface area contributed by atoms with Crippen LogP contribution in [0.25, 0.3) is 0 Å². The molecule has 0 saturated carbocycles. The average Bonchev–Trinajstić information content (AvgIpc) is 3.00. The number of hydrogen-bond donors (Lipinski definition) is 2. The fourth-order valence-electron chi connectivity index (χ4n) is 2.90. The molecule has 2 heterocycles. The third kappa shape index (κ3) is 2.17. The molecule has 2 fully saturated rings. The van der Waals surface area contributed by atoms with Gasteiger partial charge < -0.3 is 15.3 Å². The lowest BCUT2D eigenvalue weighted by molar-refractivity contribution is 0.160. The summed E-state index contributed by atoms with van der Waals surface area (Å²) in [7, 11) is 0. The summed E-state index contributed by atoms with van der Waals surface area (Å²) in [5.41, 5.74) is 2.52. The Morgan fingerprint density at radius 1 is 1.12 bits per heavy atom. The molecular formula is C14H20N2O. The molecule has 0 amide bonds. The number of nitrogens with one attached hydrogen (secondary N) is 1. The molecule has 0 aliphatic carbocycles. The Morgan fingerprint density at radius 2 is 1.82 bits per heavy atom. The van der Waals surface area contributed by atoms with Gasteiger partial charge in [-0.2, -0.15) is 0 Å². The third-order valence-electron chi connectivity index (χ3n) is 3.91. The van der Waals surface area contributed by atoms with E-state index in [0.29, 0.717) is 0 Å². The van der Waals surface area contributed by atoms with E-state index in [4.69, 9.17) is 0 Å². The molecule has 1 aromatic carbocycles. The van der Waals surface area contributed by atoms with Gasteiger partial charge >= 0.3 is 0 Å². The van der Waals surface area contributed by atoms with Crippen LogP contribution in [0.15, 0.2) is 24.3 Å². The summed E-state index contributed by atoms with van der Waals surface area (Å²) in [6.45, 7) is 3.28. The lowest BCUT2D eigenvalue weighted by atomic mass is 10.0. The highest BCUT2D eigenvalue weighted by Crippen LogP contribution is 2.27. The first kappa shape index (κ1) is 11.1. The van der Waals surface area contributed by atoms with Gasteiger partial charge in [0.1, 0.15) is 0 Å². The summed E-state index contributed by atoms with van der Waals surface area (Å²) >= 11 is 0. The zero-order valence-corrected chi connectivity index (χ0v) is 10.1.